The van der Waals surface area contributed by atoms with Gasteiger partial charge in [0.1, 0.15) is 12.4 Å². The topological polar surface area (TPSA) is 59.6 Å². The van der Waals surface area contributed by atoms with Crippen molar-refractivity contribution in [2.24, 2.45) is 4.99 Å². The van der Waals surface area contributed by atoms with Crippen LogP contribution in [0.2, 0.25) is 0 Å². The molecule has 4 nitrogen and oxygen atoms in total. The van der Waals surface area contributed by atoms with E-state index in [-0.39, 0.29) is 0 Å². The minimum Gasteiger partial charge on any atom is -0.399 e. The summed E-state index contributed by atoms with van der Waals surface area (Å²) in [6.45, 7) is 2.01. The van der Waals surface area contributed by atoms with E-state index in [0.717, 1.165) is 23.8 Å². The Morgan fingerprint density at radius 2 is 2.07 bits per heavy atom. The highest BCUT2D eigenvalue weighted by Crippen LogP contribution is 2.10. The second kappa shape index (κ2) is 4.11. The zero-order valence-electron chi connectivity index (χ0n) is 7.86. The Hall–Kier alpha value is -1.55. The van der Waals surface area contributed by atoms with Gasteiger partial charge in [0.15, 0.2) is 0 Å². The highest BCUT2D eigenvalue weighted by Gasteiger charge is 2.04. The van der Waals surface area contributed by atoms with Crippen molar-refractivity contribution >= 4 is 17.2 Å². The zero-order chi connectivity index (χ0) is 9.80. The summed E-state index contributed by atoms with van der Waals surface area (Å²) >= 11 is 0. The van der Waals surface area contributed by atoms with Gasteiger partial charge in [0.05, 0.1) is 13.2 Å². The first-order valence-electron chi connectivity index (χ1n) is 4.58. The fourth-order valence-electron chi connectivity index (χ4n) is 1.27. The normalized spacial score (nSPS) is 16.1. The van der Waals surface area contributed by atoms with E-state index >= 15 is 0 Å². The molecule has 0 bridgehead atoms. The Morgan fingerprint density at radius 3 is 2.71 bits per heavy atom. The molecule has 1 heterocycles. The Kier molecular flexibility index (Phi) is 2.65. The van der Waals surface area contributed by atoms with Crippen LogP contribution < -0.4 is 11.1 Å². The summed E-state index contributed by atoms with van der Waals surface area (Å²) < 4.78 is 5.26. The molecule has 14 heavy (non-hydrogen) atoms. The maximum absolute atomic E-state index is 5.58. The van der Waals surface area contributed by atoms with Gasteiger partial charge in [-0.15, -0.1) is 0 Å². The van der Waals surface area contributed by atoms with Crippen LogP contribution in [0.4, 0.5) is 11.4 Å². The number of hydrogen-bond acceptors (Lipinski definition) is 4. The lowest BCUT2D eigenvalue weighted by Crippen LogP contribution is -2.24. The summed E-state index contributed by atoms with van der Waals surface area (Å²) in [7, 11) is 0. The first-order chi connectivity index (χ1) is 6.84. The lowest BCUT2D eigenvalue weighted by molar-refractivity contribution is 0.171. The molecule has 0 atom stereocenters. The molecule has 4 heteroatoms. The van der Waals surface area contributed by atoms with E-state index in [4.69, 9.17) is 10.5 Å². The molecule has 0 aliphatic carbocycles. The highest BCUT2D eigenvalue weighted by molar-refractivity contribution is 5.96. The first-order valence-corrected chi connectivity index (χ1v) is 4.58. The number of nitrogens with zero attached hydrogens (tertiary/aromatic N) is 1. The molecule has 2 rings (SSSR count). The number of rotatable bonds is 1. The van der Waals surface area contributed by atoms with Crippen LogP contribution in [0.15, 0.2) is 29.3 Å². The Balaban J connectivity index is 2.03. The van der Waals surface area contributed by atoms with E-state index in [1.54, 1.807) is 0 Å². The molecule has 0 spiro atoms. The van der Waals surface area contributed by atoms with E-state index in [0.29, 0.717) is 13.2 Å². The van der Waals surface area contributed by atoms with Gasteiger partial charge < -0.3 is 15.8 Å². The van der Waals surface area contributed by atoms with Gasteiger partial charge in [-0.1, -0.05) is 0 Å². The molecule has 0 amide bonds. The van der Waals surface area contributed by atoms with Crippen molar-refractivity contribution in [3.05, 3.63) is 24.3 Å². The number of nitrogens with one attached hydrogen (secondary N) is 1. The Morgan fingerprint density at radius 1 is 1.29 bits per heavy atom. The molecule has 1 aliphatic heterocycles. The number of amidine groups is 1. The summed E-state index contributed by atoms with van der Waals surface area (Å²) in [4.78, 5) is 4.30. The third-order valence-corrected chi connectivity index (χ3v) is 1.98. The van der Waals surface area contributed by atoms with E-state index in [1.165, 1.54) is 0 Å². The molecule has 0 radical (unpaired) electrons. The predicted octanol–water partition coefficient (Wildman–Crippen LogP) is 1.11. The summed E-state index contributed by atoms with van der Waals surface area (Å²) in [5, 5.41) is 3.18. The number of hydrogen-bond donors (Lipinski definition) is 2. The van der Waals surface area contributed by atoms with Crippen LogP contribution >= 0.6 is 0 Å². The van der Waals surface area contributed by atoms with Crippen molar-refractivity contribution in [3.8, 4) is 0 Å². The van der Waals surface area contributed by atoms with E-state index in [2.05, 4.69) is 10.3 Å². The van der Waals surface area contributed by atoms with Gasteiger partial charge in [0.25, 0.3) is 0 Å². The van der Waals surface area contributed by atoms with Crippen LogP contribution in [0.3, 0.4) is 0 Å². The average Bonchev–Trinajstić information content (AvgIpc) is 2.23. The van der Waals surface area contributed by atoms with Crippen molar-refractivity contribution in [2.45, 2.75) is 0 Å². The van der Waals surface area contributed by atoms with Crippen molar-refractivity contribution in [1.29, 1.82) is 0 Å². The molecule has 0 fully saturated rings. The number of nitrogen functional groups attached to an aromatic ring is 1. The van der Waals surface area contributed by atoms with Crippen LogP contribution in [0, 0.1) is 0 Å². The van der Waals surface area contributed by atoms with Crippen LogP contribution in [-0.4, -0.2) is 25.6 Å². The molecule has 1 aliphatic rings. The minimum atomic E-state index is 0.560. The maximum Gasteiger partial charge on any atom is 0.127 e. The van der Waals surface area contributed by atoms with E-state index in [1.807, 2.05) is 24.3 Å². The summed E-state index contributed by atoms with van der Waals surface area (Å²) in [6.07, 6.45) is 0. The fourth-order valence-corrected chi connectivity index (χ4v) is 1.27. The number of anilines is 2. The smallest absolute Gasteiger partial charge is 0.127 e. The van der Waals surface area contributed by atoms with Crippen molar-refractivity contribution in [2.75, 3.05) is 30.8 Å². The highest BCUT2D eigenvalue weighted by atomic mass is 16.5. The number of nitrogens with two attached hydrogens (primary N) is 1. The van der Waals surface area contributed by atoms with Gasteiger partial charge in [-0.05, 0) is 24.3 Å². The van der Waals surface area contributed by atoms with E-state index < -0.39 is 0 Å². The van der Waals surface area contributed by atoms with Gasteiger partial charge in [0, 0.05) is 11.4 Å². The number of aliphatic imine (C=N–C) groups is 1. The second-order valence-electron chi connectivity index (χ2n) is 3.13. The number of ether oxygens (including phenoxy) is 1. The SMILES string of the molecule is Nc1ccc(NC2=NCCOC2)cc1. The molecule has 1 aromatic rings. The molecule has 74 valence electrons. The van der Waals surface area contributed by atoms with E-state index in [9.17, 15) is 0 Å². The lowest BCUT2D eigenvalue weighted by atomic mass is 10.3. The second-order valence-corrected chi connectivity index (χ2v) is 3.13. The quantitative estimate of drug-likeness (QED) is 0.654. The predicted molar refractivity (Wildman–Crippen MR) is 57.6 cm³/mol. The average molecular weight is 191 g/mol. The summed E-state index contributed by atoms with van der Waals surface area (Å²) in [5.74, 6) is 0.876. The standard InChI is InChI=1S/C10H13N3O/c11-8-1-3-9(4-2-8)13-10-7-14-6-5-12-10/h1-4H,5-7,11H2,(H,12,13). The van der Waals surface area contributed by atoms with Crippen LogP contribution in [-0.2, 0) is 4.74 Å². The largest absolute Gasteiger partial charge is 0.399 e. The van der Waals surface area contributed by atoms with Gasteiger partial charge >= 0.3 is 0 Å². The Bertz CT molecular complexity index is 332. The molecule has 1 aromatic carbocycles. The molecule has 0 saturated heterocycles. The van der Waals surface area contributed by atoms with Gasteiger partial charge in [-0.25, -0.2) is 0 Å². The molecule has 0 unspecified atom stereocenters. The molecule has 0 saturated carbocycles. The third-order valence-electron chi connectivity index (χ3n) is 1.98. The molecule has 3 N–H and O–H groups in total. The van der Waals surface area contributed by atoms with Crippen molar-refractivity contribution in [1.82, 2.24) is 0 Å². The minimum absolute atomic E-state index is 0.560. The summed E-state index contributed by atoms with van der Waals surface area (Å²) in [5.41, 5.74) is 7.33. The first kappa shape index (κ1) is 9.02. The zero-order valence-corrected chi connectivity index (χ0v) is 7.86. The monoisotopic (exact) mass is 191 g/mol. The van der Waals surface area contributed by atoms with Crippen LogP contribution in [0.1, 0.15) is 0 Å². The van der Waals surface area contributed by atoms with Crippen molar-refractivity contribution < 1.29 is 4.74 Å². The van der Waals surface area contributed by atoms with Gasteiger partial charge in [0.2, 0.25) is 0 Å². The van der Waals surface area contributed by atoms with Gasteiger partial charge in [-0.3, -0.25) is 4.99 Å². The number of benzene rings is 1. The van der Waals surface area contributed by atoms with Crippen LogP contribution in [0.25, 0.3) is 0 Å². The summed E-state index contributed by atoms with van der Waals surface area (Å²) in [6, 6.07) is 7.55. The molecular formula is C10H13N3O. The third kappa shape index (κ3) is 2.23. The molecular weight excluding hydrogens is 178 g/mol. The van der Waals surface area contributed by atoms with Crippen molar-refractivity contribution in [3.63, 3.8) is 0 Å². The lowest BCUT2D eigenvalue weighted by Gasteiger charge is -2.14. The maximum atomic E-state index is 5.58. The molecule has 0 aromatic heterocycles. The van der Waals surface area contributed by atoms with Crippen LogP contribution in [0.5, 0.6) is 0 Å². The Labute approximate surface area is 82.8 Å². The fraction of sp³-hybridized carbons (Fsp3) is 0.300. The van der Waals surface area contributed by atoms with Gasteiger partial charge in [-0.2, -0.15) is 0 Å².